The Morgan fingerprint density at radius 3 is 2.67 bits per heavy atom. The summed E-state index contributed by atoms with van der Waals surface area (Å²) in [4.78, 5) is 10.6. The van der Waals surface area contributed by atoms with Gasteiger partial charge in [-0.2, -0.15) is 0 Å². The SMILES string of the molecule is COc1ncc(CN2CCCC(C)(OC)C2)cn1. The van der Waals surface area contributed by atoms with Crippen molar-refractivity contribution in [1.29, 1.82) is 0 Å². The summed E-state index contributed by atoms with van der Waals surface area (Å²) in [5.74, 6) is 0. The van der Waals surface area contributed by atoms with Crippen LogP contribution in [-0.2, 0) is 11.3 Å². The number of piperidine rings is 1. The van der Waals surface area contributed by atoms with Gasteiger partial charge in [0.25, 0.3) is 0 Å². The van der Waals surface area contributed by atoms with E-state index >= 15 is 0 Å². The van der Waals surface area contributed by atoms with Crippen LogP contribution in [0.3, 0.4) is 0 Å². The quantitative estimate of drug-likeness (QED) is 0.811. The van der Waals surface area contributed by atoms with Crippen molar-refractivity contribution in [2.24, 2.45) is 0 Å². The van der Waals surface area contributed by atoms with E-state index in [4.69, 9.17) is 9.47 Å². The van der Waals surface area contributed by atoms with Crippen LogP contribution in [0.15, 0.2) is 12.4 Å². The molecule has 2 rings (SSSR count). The van der Waals surface area contributed by atoms with Gasteiger partial charge in [0.15, 0.2) is 0 Å². The Kier molecular flexibility index (Phi) is 4.14. The predicted octanol–water partition coefficient (Wildman–Crippen LogP) is 1.49. The molecule has 0 aliphatic carbocycles. The summed E-state index contributed by atoms with van der Waals surface area (Å²) in [6, 6.07) is 0.416. The lowest BCUT2D eigenvalue weighted by Crippen LogP contribution is -2.46. The average Bonchev–Trinajstić information content (AvgIpc) is 2.40. The van der Waals surface area contributed by atoms with Gasteiger partial charge in [0.1, 0.15) is 0 Å². The molecule has 1 aliphatic rings. The first kappa shape index (κ1) is 13.2. The molecule has 1 aromatic rings. The van der Waals surface area contributed by atoms with Crippen LogP contribution < -0.4 is 4.74 Å². The maximum atomic E-state index is 5.59. The zero-order valence-corrected chi connectivity index (χ0v) is 11.3. The highest BCUT2D eigenvalue weighted by Gasteiger charge is 2.30. The number of rotatable bonds is 4. The second kappa shape index (κ2) is 5.63. The van der Waals surface area contributed by atoms with Crippen LogP contribution >= 0.6 is 0 Å². The molecule has 0 radical (unpaired) electrons. The number of nitrogens with zero attached hydrogens (tertiary/aromatic N) is 3. The molecule has 0 N–H and O–H groups in total. The Morgan fingerprint density at radius 1 is 1.33 bits per heavy atom. The highest BCUT2D eigenvalue weighted by atomic mass is 16.5. The minimum absolute atomic E-state index is 0.0222. The molecular formula is C13H21N3O2. The minimum Gasteiger partial charge on any atom is -0.467 e. The van der Waals surface area contributed by atoms with E-state index in [-0.39, 0.29) is 5.60 Å². The molecule has 0 bridgehead atoms. The smallest absolute Gasteiger partial charge is 0.316 e. The fourth-order valence-electron chi connectivity index (χ4n) is 2.40. The average molecular weight is 251 g/mol. The van der Waals surface area contributed by atoms with Crippen molar-refractivity contribution < 1.29 is 9.47 Å². The van der Waals surface area contributed by atoms with Crippen LogP contribution in [0.25, 0.3) is 0 Å². The number of ether oxygens (including phenoxy) is 2. The van der Waals surface area contributed by atoms with Crippen molar-refractivity contribution in [1.82, 2.24) is 14.9 Å². The predicted molar refractivity (Wildman–Crippen MR) is 68.5 cm³/mol. The van der Waals surface area contributed by atoms with Crippen molar-refractivity contribution in [3.05, 3.63) is 18.0 Å². The fraction of sp³-hybridized carbons (Fsp3) is 0.692. The van der Waals surface area contributed by atoms with E-state index in [1.807, 2.05) is 12.4 Å². The zero-order chi connectivity index (χ0) is 13.0. The van der Waals surface area contributed by atoms with Crippen LogP contribution in [0, 0.1) is 0 Å². The molecule has 1 fully saturated rings. The third-order valence-electron chi connectivity index (χ3n) is 3.50. The molecule has 0 aromatic carbocycles. The molecule has 2 heterocycles. The maximum Gasteiger partial charge on any atom is 0.316 e. The molecule has 0 amide bonds. The molecule has 1 atom stereocenters. The van der Waals surface area contributed by atoms with Crippen molar-refractivity contribution in [3.63, 3.8) is 0 Å². The summed E-state index contributed by atoms with van der Waals surface area (Å²) in [6.45, 7) is 5.09. The monoisotopic (exact) mass is 251 g/mol. The van der Waals surface area contributed by atoms with E-state index in [1.165, 1.54) is 6.42 Å². The molecule has 1 aromatic heterocycles. The van der Waals surface area contributed by atoms with Gasteiger partial charge < -0.3 is 9.47 Å². The number of methoxy groups -OCH3 is 2. The molecule has 1 saturated heterocycles. The van der Waals surface area contributed by atoms with Gasteiger partial charge in [-0.15, -0.1) is 0 Å². The van der Waals surface area contributed by atoms with Crippen molar-refractivity contribution in [3.8, 4) is 6.01 Å². The lowest BCUT2D eigenvalue weighted by atomic mass is 9.94. The first-order valence-electron chi connectivity index (χ1n) is 6.28. The van der Waals surface area contributed by atoms with Gasteiger partial charge in [-0.3, -0.25) is 4.90 Å². The Bertz CT molecular complexity index is 382. The molecule has 0 spiro atoms. The van der Waals surface area contributed by atoms with Crippen LogP contribution in [0.2, 0.25) is 0 Å². The van der Waals surface area contributed by atoms with E-state index in [0.29, 0.717) is 6.01 Å². The molecule has 0 saturated carbocycles. The summed E-state index contributed by atoms with van der Waals surface area (Å²) in [5, 5.41) is 0. The molecular weight excluding hydrogens is 230 g/mol. The van der Waals surface area contributed by atoms with Crippen LogP contribution in [0.5, 0.6) is 6.01 Å². The third kappa shape index (κ3) is 3.17. The molecule has 5 nitrogen and oxygen atoms in total. The van der Waals surface area contributed by atoms with Gasteiger partial charge in [0.2, 0.25) is 0 Å². The molecule has 18 heavy (non-hydrogen) atoms. The van der Waals surface area contributed by atoms with Gasteiger partial charge >= 0.3 is 6.01 Å². The van der Waals surface area contributed by atoms with E-state index in [1.54, 1.807) is 14.2 Å². The topological polar surface area (TPSA) is 47.5 Å². The first-order valence-corrected chi connectivity index (χ1v) is 6.28. The van der Waals surface area contributed by atoms with Gasteiger partial charge in [-0.05, 0) is 26.3 Å². The van der Waals surface area contributed by atoms with Crippen LogP contribution in [0.4, 0.5) is 0 Å². The van der Waals surface area contributed by atoms with Crippen molar-refractivity contribution in [2.45, 2.75) is 31.9 Å². The second-order valence-electron chi connectivity index (χ2n) is 5.05. The normalized spacial score (nSPS) is 25.1. The van der Waals surface area contributed by atoms with E-state index in [0.717, 1.165) is 31.6 Å². The first-order chi connectivity index (χ1) is 8.65. The highest BCUT2D eigenvalue weighted by Crippen LogP contribution is 2.24. The van der Waals surface area contributed by atoms with Gasteiger partial charge in [0, 0.05) is 38.2 Å². The van der Waals surface area contributed by atoms with Crippen LogP contribution in [0.1, 0.15) is 25.3 Å². The fourth-order valence-corrected chi connectivity index (χ4v) is 2.40. The summed E-state index contributed by atoms with van der Waals surface area (Å²) in [6.07, 6.45) is 5.94. The minimum atomic E-state index is -0.0222. The van der Waals surface area contributed by atoms with E-state index < -0.39 is 0 Å². The van der Waals surface area contributed by atoms with E-state index in [2.05, 4.69) is 21.8 Å². The summed E-state index contributed by atoms with van der Waals surface area (Å²) in [7, 11) is 3.36. The highest BCUT2D eigenvalue weighted by molar-refractivity contribution is 5.07. The Balaban J connectivity index is 1.96. The number of likely N-dealkylation sites (tertiary alicyclic amines) is 1. The molecule has 1 aliphatic heterocycles. The largest absolute Gasteiger partial charge is 0.467 e. The Morgan fingerprint density at radius 2 is 2.06 bits per heavy atom. The lowest BCUT2D eigenvalue weighted by molar-refractivity contribution is -0.0527. The Hall–Kier alpha value is -1.20. The van der Waals surface area contributed by atoms with Crippen molar-refractivity contribution >= 4 is 0 Å². The summed E-state index contributed by atoms with van der Waals surface area (Å²) >= 11 is 0. The third-order valence-corrected chi connectivity index (χ3v) is 3.50. The van der Waals surface area contributed by atoms with E-state index in [9.17, 15) is 0 Å². The maximum absolute atomic E-state index is 5.59. The van der Waals surface area contributed by atoms with Gasteiger partial charge in [-0.1, -0.05) is 0 Å². The second-order valence-corrected chi connectivity index (χ2v) is 5.05. The molecule has 1 unspecified atom stereocenters. The summed E-state index contributed by atoms with van der Waals surface area (Å²) in [5.41, 5.74) is 1.09. The zero-order valence-electron chi connectivity index (χ0n) is 11.3. The Labute approximate surface area is 108 Å². The number of aromatic nitrogens is 2. The van der Waals surface area contributed by atoms with Gasteiger partial charge in [0.05, 0.1) is 12.7 Å². The van der Waals surface area contributed by atoms with Crippen molar-refractivity contribution in [2.75, 3.05) is 27.3 Å². The molecule has 5 heteroatoms. The number of hydrogen-bond donors (Lipinski definition) is 0. The summed E-state index contributed by atoms with van der Waals surface area (Å²) < 4.78 is 10.5. The number of hydrogen-bond acceptors (Lipinski definition) is 5. The van der Waals surface area contributed by atoms with Crippen LogP contribution in [-0.4, -0.2) is 47.8 Å². The van der Waals surface area contributed by atoms with Gasteiger partial charge in [-0.25, -0.2) is 9.97 Å². The standard InChI is InChI=1S/C13H21N3O2/c1-13(18-3)5-4-6-16(10-13)9-11-7-14-12(17-2)15-8-11/h7-8H,4-6,9-10H2,1-3H3. The lowest BCUT2D eigenvalue weighted by Gasteiger charge is -2.39. The molecule has 100 valence electrons.